The van der Waals surface area contributed by atoms with E-state index in [4.69, 9.17) is 4.74 Å². The van der Waals surface area contributed by atoms with E-state index in [0.29, 0.717) is 12.0 Å². The molecule has 0 aromatic heterocycles. The Labute approximate surface area is 107 Å². The standard InChI is InChI=1S/C13H20BrNO/c1-5-9(2)10(3)15-12-6-11(14)7-13(8-12)16-4/h6-10,15H,5H2,1-4H3. The summed E-state index contributed by atoms with van der Waals surface area (Å²) in [6.07, 6.45) is 1.18. The molecule has 0 bridgehead atoms. The van der Waals surface area contributed by atoms with Gasteiger partial charge in [0.05, 0.1) is 7.11 Å². The van der Waals surface area contributed by atoms with Gasteiger partial charge in [0.15, 0.2) is 0 Å². The molecular formula is C13H20BrNO. The van der Waals surface area contributed by atoms with Crippen LogP contribution in [-0.4, -0.2) is 13.2 Å². The van der Waals surface area contributed by atoms with Crippen molar-refractivity contribution in [3.05, 3.63) is 22.7 Å². The second-order valence-corrected chi connectivity index (χ2v) is 5.11. The number of halogens is 1. The summed E-state index contributed by atoms with van der Waals surface area (Å²) in [6.45, 7) is 6.68. The molecule has 0 spiro atoms. The van der Waals surface area contributed by atoms with Gasteiger partial charge in [0.2, 0.25) is 0 Å². The van der Waals surface area contributed by atoms with E-state index in [0.717, 1.165) is 15.9 Å². The summed E-state index contributed by atoms with van der Waals surface area (Å²) in [5.41, 5.74) is 1.10. The molecule has 0 radical (unpaired) electrons. The Bertz CT molecular complexity index is 341. The van der Waals surface area contributed by atoms with Gasteiger partial charge in [-0.25, -0.2) is 0 Å². The molecule has 16 heavy (non-hydrogen) atoms. The minimum absolute atomic E-state index is 0.462. The highest BCUT2D eigenvalue weighted by Crippen LogP contribution is 2.25. The molecule has 2 unspecified atom stereocenters. The number of methoxy groups -OCH3 is 1. The number of rotatable bonds is 5. The fourth-order valence-electron chi connectivity index (χ4n) is 1.52. The molecule has 0 fully saturated rings. The van der Waals surface area contributed by atoms with Crippen molar-refractivity contribution in [1.29, 1.82) is 0 Å². The summed E-state index contributed by atoms with van der Waals surface area (Å²) >= 11 is 3.48. The van der Waals surface area contributed by atoms with Crippen LogP contribution in [0.4, 0.5) is 5.69 Å². The zero-order chi connectivity index (χ0) is 12.1. The molecule has 1 aromatic carbocycles. The third-order valence-corrected chi connectivity index (χ3v) is 3.46. The van der Waals surface area contributed by atoms with Crippen LogP contribution >= 0.6 is 15.9 Å². The first-order chi connectivity index (χ1) is 7.56. The Morgan fingerprint density at radius 1 is 1.31 bits per heavy atom. The summed E-state index contributed by atoms with van der Waals surface area (Å²) in [5, 5.41) is 3.50. The van der Waals surface area contributed by atoms with Crippen LogP contribution < -0.4 is 10.1 Å². The van der Waals surface area contributed by atoms with Gasteiger partial charge in [-0.15, -0.1) is 0 Å². The lowest BCUT2D eigenvalue weighted by Gasteiger charge is -2.21. The van der Waals surface area contributed by atoms with Gasteiger partial charge in [0.1, 0.15) is 5.75 Å². The monoisotopic (exact) mass is 285 g/mol. The summed E-state index contributed by atoms with van der Waals surface area (Å²) in [4.78, 5) is 0. The zero-order valence-electron chi connectivity index (χ0n) is 10.4. The van der Waals surface area contributed by atoms with E-state index in [1.54, 1.807) is 7.11 Å². The Balaban J connectivity index is 2.76. The van der Waals surface area contributed by atoms with Gasteiger partial charge in [0.25, 0.3) is 0 Å². The first-order valence-corrected chi connectivity index (χ1v) is 6.47. The van der Waals surface area contributed by atoms with Crippen molar-refractivity contribution in [2.24, 2.45) is 5.92 Å². The van der Waals surface area contributed by atoms with Gasteiger partial charge >= 0.3 is 0 Å². The third-order valence-electron chi connectivity index (χ3n) is 3.00. The van der Waals surface area contributed by atoms with Gasteiger partial charge in [-0.3, -0.25) is 0 Å². The first-order valence-electron chi connectivity index (χ1n) is 5.68. The highest BCUT2D eigenvalue weighted by molar-refractivity contribution is 9.10. The molecule has 1 aromatic rings. The largest absolute Gasteiger partial charge is 0.497 e. The van der Waals surface area contributed by atoms with Gasteiger partial charge in [0, 0.05) is 22.3 Å². The van der Waals surface area contributed by atoms with E-state index in [1.807, 2.05) is 12.1 Å². The maximum Gasteiger partial charge on any atom is 0.122 e. The molecule has 0 aliphatic heterocycles. The molecule has 1 rings (SSSR count). The topological polar surface area (TPSA) is 21.3 Å². The molecule has 0 aliphatic rings. The van der Waals surface area contributed by atoms with Gasteiger partial charge in [-0.05, 0) is 25.0 Å². The zero-order valence-corrected chi connectivity index (χ0v) is 12.0. The summed E-state index contributed by atoms with van der Waals surface area (Å²) in [7, 11) is 1.68. The SMILES string of the molecule is CCC(C)C(C)Nc1cc(Br)cc(OC)c1. The number of anilines is 1. The quantitative estimate of drug-likeness (QED) is 0.871. The Morgan fingerprint density at radius 3 is 2.56 bits per heavy atom. The molecule has 2 atom stereocenters. The molecule has 0 aliphatic carbocycles. The highest BCUT2D eigenvalue weighted by Gasteiger charge is 2.10. The van der Waals surface area contributed by atoms with Crippen LogP contribution in [0.2, 0.25) is 0 Å². The lowest BCUT2D eigenvalue weighted by Crippen LogP contribution is -2.23. The second kappa shape index (κ2) is 6.14. The number of hydrogen-bond donors (Lipinski definition) is 1. The minimum Gasteiger partial charge on any atom is -0.497 e. The summed E-state index contributed by atoms with van der Waals surface area (Å²) < 4.78 is 6.27. The van der Waals surface area contributed by atoms with E-state index in [2.05, 4.69) is 48.1 Å². The maximum absolute atomic E-state index is 5.23. The molecule has 0 heterocycles. The van der Waals surface area contributed by atoms with Crippen LogP contribution in [0, 0.1) is 5.92 Å². The summed E-state index contributed by atoms with van der Waals surface area (Å²) in [5.74, 6) is 1.53. The molecular weight excluding hydrogens is 266 g/mol. The van der Waals surface area contributed by atoms with Gasteiger partial charge in [-0.1, -0.05) is 36.2 Å². The average Bonchev–Trinajstić information content (AvgIpc) is 2.26. The van der Waals surface area contributed by atoms with Crippen molar-refractivity contribution in [2.75, 3.05) is 12.4 Å². The van der Waals surface area contributed by atoms with Crippen molar-refractivity contribution in [1.82, 2.24) is 0 Å². The minimum atomic E-state index is 0.462. The molecule has 2 nitrogen and oxygen atoms in total. The van der Waals surface area contributed by atoms with Crippen LogP contribution in [-0.2, 0) is 0 Å². The van der Waals surface area contributed by atoms with E-state index in [1.165, 1.54) is 6.42 Å². The smallest absolute Gasteiger partial charge is 0.122 e. The van der Waals surface area contributed by atoms with Crippen LogP contribution in [0.1, 0.15) is 27.2 Å². The predicted octanol–water partition coefficient (Wildman–Crippen LogP) is 4.30. The fourth-order valence-corrected chi connectivity index (χ4v) is 1.99. The molecule has 0 amide bonds. The molecule has 0 saturated carbocycles. The summed E-state index contributed by atoms with van der Waals surface area (Å²) in [6, 6.07) is 6.51. The Hall–Kier alpha value is -0.700. The van der Waals surface area contributed by atoms with E-state index in [9.17, 15) is 0 Å². The normalized spacial score (nSPS) is 14.3. The van der Waals surface area contributed by atoms with Crippen molar-refractivity contribution in [3.63, 3.8) is 0 Å². The highest BCUT2D eigenvalue weighted by atomic mass is 79.9. The average molecular weight is 286 g/mol. The number of ether oxygens (including phenoxy) is 1. The molecule has 90 valence electrons. The third kappa shape index (κ3) is 3.71. The fraction of sp³-hybridized carbons (Fsp3) is 0.538. The lowest BCUT2D eigenvalue weighted by atomic mass is 10.0. The van der Waals surface area contributed by atoms with E-state index >= 15 is 0 Å². The Morgan fingerprint density at radius 2 is 2.00 bits per heavy atom. The number of benzene rings is 1. The molecule has 3 heteroatoms. The van der Waals surface area contributed by atoms with Gasteiger partial charge in [-0.2, -0.15) is 0 Å². The second-order valence-electron chi connectivity index (χ2n) is 4.20. The van der Waals surface area contributed by atoms with Crippen LogP contribution in [0.25, 0.3) is 0 Å². The number of hydrogen-bond acceptors (Lipinski definition) is 2. The molecule has 0 saturated heterocycles. The van der Waals surface area contributed by atoms with Crippen LogP contribution in [0.5, 0.6) is 5.75 Å². The number of nitrogens with one attached hydrogen (secondary N) is 1. The van der Waals surface area contributed by atoms with Crippen molar-refractivity contribution in [2.45, 2.75) is 33.2 Å². The first kappa shape index (κ1) is 13.4. The van der Waals surface area contributed by atoms with Crippen LogP contribution in [0.3, 0.4) is 0 Å². The van der Waals surface area contributed by atoms with E-state index in [-0.39, 0.29) is 0 Å². The van der Waals surface area contributed by atoms with Crippen molar-refractivity contribution < 1.29 is 4.74 Å². The predicted molar refractivity (Wildman–Crippen MR) is 73.2 cm³/mol. The lowest BCUT2D eigenvalue weighted by molar-refractivity contribution is 0.414. The van der Waals surface area contributed by atoms with Crippen molar-refractivity contribution in [3.8, 4) is 5.75 Å². The van der Waals surface area contributed by atoms with Crippen molar-refractivity contribution >= 4 is 21.6 Å². The Kier molecular flexibility index (Phi) is 5.13. The van der Waals surface area contributed by atoms with Gasteiger partial charge < -0.3 is 10.1 Å². The maximum atomic E-state index is 5.23. The van der Waals surface area contributed by atoms with E-state index < -0.39 is 0 Å². The molecule has 1 N–H and O–H groups in total. The van der Waals surface area contributed by atoms with Crippen LogP contribution in [0.15, 0.2) is 22.7 Å².